The van der Waals surface area contributed by atoms with Gasteiger partial charge < -0.3 is 0 Å². The number of aryl methyl sites for hydroxylation is 2. The van der Waals surface area contributed by atoms with Gasteiger partial charge in [-0.05, 0) is 62.1 Å². The van der Waals surface area contributed by atoms with E-state index in [-0.39, 0.29) is 0 Å². The van der Waals surface area contributed by atoms with Gasteiger partial charge in [-0.15, -0.1) is 0 Å². The van der Waals surface area contributed by atoms with E-state index in [4.69, 9.17) is 0 Å². The molecule has 0 amide bonds. The molecule has 0 spiro atoms. The predicted molar refractivity (Wildman–Crippen MR) is 77.3 cm³/mol. The fraction of sp³-hybridized carbons (Fsp3) is 0.250. The molecule has 0 saturated heterocycles. The molecule has 100 valence electrons. The first-order valence-electron chi connectivity index (χ1n) is 6.23. The van der Waals surface area contributed by atoms with E-state index in [1.807, 2.05) is 39.8 Å². The van der Waals surface area contributed by atoms with Crippen molar-refractivity contribution in [2.45, 2.75) is 37.5 Å². The van der Waals surface area contributed by atoms with Gasteiger partial charge in [0.1, 0.15) is 0 Å². The zero-order chi connectivity index (χ0) is 14.2. The lowest BCUT2D eigenvalue weighted by Gasteiger charge is -2.13. The summed E-state index contributed by atoms with van der Waals surface area (Å²) in [7, 11) is -3.45. The summed E-state index contributed by atoms with van der Waals surface area (Å²) < 4.78 is 25.6. The molecule has 2 nitrogen and oxygen atoms in total. The molecular weight excluding hydrogens is 256 g/mol. The van der Waals surface area contributed by atoms with Crippen LogP contribution in [0.4, 0.5) is 0 Å². The first kappa shape index (κ1) is 13.8. The van der Waals surface area contributed by atoms with Crippen LogP contribution in [0.5, 0.6) is 0 Å². The minimum atomic E-state index is -3.45. The molecule has 0 aliphatic rings. The van der Waals surface area contributed by atoms with Crippen LogP contribution in [-0.2, 0) is 9.84 Å². The maximum atomic E-state index is 12.8. The second-order valence-corrected chi connectivity index (χ2v) is 6.79. The van der Waals surface area contributed by atoms with Crippen molar-refractivity contribution in [3.8, 4) is 0 Å². The number of hydrogen-bond donors (Lipinski definition) is 0. The van der Waals surface area contributed by atoms with Gasteiger partial charge in [-0.2, -0.15) is 0 Å². The fourth-order valence-electron chi connectivity index (χ4n) is 2.15. The van der Waals surface area contributed by atoms with Crippen molar-refractivity contribution < 1.29 is 8.42 Å². The summed E-state index contributed by atoms with van der Waals surface area (Å²) in [5, 5.41) is 0. The van der Waals surface area contributed by atoms with Crippen LogP contribution in [0.2, 0.25) is 0 Å². The highest BCUT2D eigenvalue weighted by Crippen LogP contribution is 2.28. The first-order valence-corrected chi connectivity index (χ1v) is 7.71. The van der Waals surface area contributed by atoms with Crippen molar-refractivity contribution in [2.24, 2.45) is 0 Å². The van der Waals surface area contributed by atoms with Crippen molar-refractivity contribution >= 4 is 9.84 Å². The zero-order valence-corrected chi connectivity index (χ0v) is 12.5. The SMILES string of the molecule is Cc1cccc(S(=O)(=O)c2cccc(C)c2C)c1C. The van der Waals surface area contributed by atoms with Crippen LogP contribution in [0, 0.1) is 27.7 Å². The van der Waals surface area contributed by atoms with Gasteiger partial charge in [0.05, 0.1) is 9.79 Å². The van der Waals surface area contributed by atoms with Crippen LogP contribution in [0.25, 0.3) is 0 Å². The Morgan fingerprint density at radius 2 is 1.05 bits per heavy atom. The van der Waals surface area contributed by atoms with Gasteiger partial charge in [-0.25, -0.2) is 8.42 Å². The quantitative estimate of drug-likeness (QED) is 0.835. The molecule has 3 heteroatoms. The van der Waals surface area contributed by atoms with E-state index in [9.17, 15) is 8.42 Å². The van der Waals surface area contributed by atoms with Crippen LogP contribution < -0.4 is 0 Å². The zero-order valence-electron chi connectivity index (χ0n) is 11.7. The molecule has 0 aliphatic heterocycles. The second-order valence-electron chi connectivity index (χ2n) is 4.90. The van der Waals surface area contributed by atoms with Gasteiger partial charge >= 0.3 is 0 Å². The molecule has 0 aliphatic carbocycles. The summed E-state index contributed by atoms with van der Waals surface area (Å²) >= 11 is 0. The Balaban J connectivity index is 2.73. The molecule has 0 N–H and O–H groups in total. The molecule has 0 fully saturated rings. The van der Waals surface area contributed by atoms with Crippen molar-refractivity contribution in [3.05, 3.63) is 58.7 Å². The van der Waals surface area contributed by atoms with E-state index in [0.29, 0.717) is 9.79 Å². The molecule has 2 rings (SSSR count). The van der Waals surface area contributed by atoms with Gasteiger partial charge in [0, 0.05) is 0 Å². The Morgan fingerprint density at radius 3 is 1.42 bits per heavy atom. The van der Waals surface area contributed by atoms with Crippen LogP contribution in [0.15, 0.2) is 46.2 Å². The Bertz CT molecular complexity index is 671. The van der Waals surface area contributed by atoms with E-state index in [1.165, 1.54) is 0 Å². The summed E-state index contributed by atoms with van der Waals surface area (Å²) in [4.78, 5) is 0.808. The van der Waals surface area contributed by atoms with Crippen LogP contribution >= 0.6 is 0 Å². The van der Waals surface area contributed by atoms with E-state index in [0.717, 1.165) is 22.3 Å². The highest BCUT2D eigenvalue weighted by Gasteiger charge is 2.22. The van der Waals surface area contributed by atoms with Crippen molar-refractivity contribution in [1.29, 1.82) is 0 Å². The second kappa shape index (κ2) is 4.82. The predicted octanol–water partition coefficient (Wildman–Crippen LogP) is 3.75. The lowest BCUT2D eigenvalue weighted by Crippen LogP contribution is -2.07. The summed E-state index contributed by atoms with van der Waals surface area (Å²) in [6, 6.07) is 10.8. The molecule has 0 bridgehead atoms. The largest absolute Gasteiger partial charge is 0.218 e. The summed E-state index contributed by atoms with van der Waals surface area (Å²) in [5.41, 5.74) is 3.63. The molecule has 0 heterocycles. The third-order valence-electron chi connectivity index (χ3n) is 3.69. The molecule has 0 unspecified atom stereocenters. The fourth-order valence-corrected chi connectivity index (χ4v) is 4.03. The van der Waals surface area contributed by atoms with Crippen LogP contribution in [-0.4, -0.2) is 8.42 Å². The van der Waals surface area contributed by atoms with E-state index < -0.39 is 9.84 Å². The number of rotatable bonds is 2. The molecule has 0 saturated carbocycles. The van der Waals surface area contributed by atoms with Crippen molar-refractivity contribution in [2.75, 3.05) is 0 Å². The van der Waals surface area contributed by atoms with Gasteiger partial charge in [-0.3, -0.25) is 0 Å². The maximum Gasteiger partial charge on any atom is 0.207 e. The lowest BCUT2D eigenvalue weighted by atomic mass is 10.1. The third-order valence-corrected chi connectivity index (χ3v) is 5.73. The molecule has 0 radical (unpaired) electrons. The van der Waals surface area contributed by atoms with Crippen LogP contribution in [0.3, 0.4) is 0 Å². The minimum absolute atomic E-state index is 0.404. The smallest absolute Gasteiger partial charge is 0.207 e. The monoisotopic (exact) mass is 274 g/mol. The summed E-state index contributed by atoms with van der Waals surface area (Å²) in [6.45, 7) is 7.57. The van der Waals surface area contributed by atoms with E-state index >= 15 is 0 Å². The molecule has 0 atom stereocenters. The van der Waals surface area contributed by atoms with Crippen LogP contribution in [0.1, 0.15) is 22.3 Å². The van der Waals surface area contributed by atoms with E-state index in [1.54, 1.807) is 24.3 Å². The molecule has 2 aromatic rings. The van der Waals surface area contributed by atoms with Crippen molar-refractivity contribution in [1.82, 2.24) is 0 Å². The standard InChI is InChI=1S/C16H18O2S/c1-11-7-5-9-15(13(11)3)19(17,18)16-10-6-8-12(2)14(16)4/h5-10H,1-4H3. The summed E-state index contributed by atoms with van der Waals surface area (Å²) in [5.74, 6) is 0. The topological polar surface area (TPSA) is 34.1 Å². The normalized spacial score (nSPS) is 11.6. The Kier molecular flexibility index (Phi) is 3.50. The first-order chi connectivity index (χ1) is 8.85. The highest BCUT2D eigenvalue weighted by atomic mass is 32.2. The van der Waals surface area contributed by atoms with Gasteiger partial charge in [0.2, 0.25) is 9.84 Å². The molecular formula is C16H18O2S. The Morgan fingerprint density at radius 1 is 0.684 bits per heavy atom. The van der Waals surface area contributed by atoms with Gasteiger partial charge in [-0.1, -0.05) is 24.3 Å². The Labute approximate surface area is 115 Å². The molecule has 0 aromatic heterocycles. The lowest BCUT2D eigenvalue weighted by molar-refractivity contribution is 0.594. The number of sulfone groups is 1. The maximum absolute atomic E-state index is 12.8. The van der Waals surface area contributed by atoms with Gasteiger partial charge in [0.15, 0.2) is 0 Å². The number of benzene rings is 2. The average molecular weight is 274 g/mol. The summed E-state index contributed by atoms with van der Waals surface area (Å²) in [6.07, 6.45) is 0. The Hall–Kier alpha value is -1.61. The van der Waals surface area contributed by atoms with Crippen molar-refractivity contribution in [3.63, 3.8) is 0 Å². The minimum Gasteiger partial charge on any atom is -0.218 e. The van der Waals surface area contributed by atoms with E-state index in [2.05, 4.69) is 0 Å². The highest BCUT2D eigenvalue weighted by molar-refractivity contribution is 7.91. The molecule has 19 heavy (non-hydrogen) atoms. The average Bonchev–Trinajstić information content (AvgIpc) is 2.35. The third kappa shape index (κ3) is 2.30. The van der Waals surface area contributed by atoms with Gasteiger partial charge in [0.25, 0.3) is 0 Å². The molecule has 2 aromatic carbocycles. The number of hydrogen-bond acceptors (Lipinski definition) is 2.